The van der Waals surface area contributed by atoms with Crippen molar-refractivity contribution in [3.63, 3.8) is 0 Å². The molecule has 0 bridgehead atoms. The van der Waals surface area contributed by atoms with Crippen LogP contribution in [0.1, 0.15) is 16.8 Å². The van der Waals surface area contributed by atoms with Gasteiger partial charge < -0.3 is 15.4 Å². The lowest BCUT2D eigenvalue weighted by Crippen LogP contribution is -2.36. The Labute approximate surface area is 150 Å². The average molecular weight is 369 g/mol. The number of hydrogen-bond donors (Lipinski definition) is 2. The van der Waals surface area contributed by atoms with E-state index in [1.54, 1.807) is 30.1 Å². The molecule has 0 spiro atoms. The van der Waals surface area contributed by atoms with Crippen molar-refractivity contribution in [2.45, 2.75) is 25.9 Å². The van der Waals surface area contributed by atoms with E-state index < -0.39 is 12.8 Å². The number of aryl methyl sites for hydroxylation is 1. The maximum atomic E-state index is 12.1. The number of ether oxygens (including phenoxy) is 1. The van der Waals surface area contributed by atoms with Crippen molar-refractivity contribution < 1.29 is 17.9 Å². The lowest BCUT2D eigenvalue weighted by molar-refractivity contribution is -0.176. The van der Waals surface area contributed by atoms with Crippen LogP contribution in [0.15, 0.2) is 41.5 Å². The fraction of sp³-hybridized carbons (Fsp3) is 0.412. The molecular formula is C17H22F3N5O. The highest BCUT2D eigenvalue weighted by atomic mass is 19.4. The molecule has 0 radical (unpaired) electrons. The molecule has 1 heterocycles. The molecule has 2 N–H and O–H groups in total. The molecule has 0 aliphatic rings. The van der Waals surface area contributed by atoms with Crippen molar-refractivity contribution in [1.29, 1.82) is 0 Å². The molecule has 1 aromatic carbocycles. The Hall–Kier alpha value is -2.55. The first-order valence-corrected chi connectivity index (χ1v) is 8.01. The summed E-state index contributed by atoms with van der Waals surface area (Å²) < 4.78 is 42.6. The molecule has 2 aromatic rings. The van der Waals surface area contributed by atoms with Crippen LogP contribution in [0.4, 0.5) is 13.2 Å². The van der Waals surface area contributed by atoms with Gasteiger partial charge in [-0.05, 0) is 17.2 Å². The van der Waals surface area contributed by atoms with Crippen LogP contribution in [0, 0.1) is 0 Å². The van der Waals surface area contributed by atoms with E-state index in [0.29, 0.717) is 24.6 Å². The molecule has 0 aliphatic carbocycles. The van der Waals surface area contributed by atoms with Gasteiger partial charge in [0.05, 0.1) is 18.8 Å². The second-order valence-corrected chi connectivity index (χ2v) is 5.65. The monoisotopic (exact) mass is 369 g/mol. The van der Waals surface area contributed by atoms with Crippen LogP contribution in [0.5, 0.6) is 0 Å². The molecule has 0 saturated carbocycles. The summed E-state index contributed by atoms with van der Waals surface area (Å²) in [5, 5.41) is 10.5. The topological polar surface area (TPSA) is 63.5 Å². The first-order valence-electron chi connectivity index (χ1n) is 8.01. The van der Waals surface area contributed by atoms with Gasteiger partial charge in [-0.2, -0.15) is 18.3 Å². The minimum absolute atomic E-state index is 0.0683. The Morgan fingerprint density at radius 3 is 2.35 bits per heavy atom. The molecule has 1 aromatic heterocycles. The zero-order valence-corrected chi connectivity index (χ0v) is 14.7. The Morgan fingerprint density at radius 1 is 1.12 bits per heavy atom. The van der Waals surface area contributed by atoms with Gasteiger partial charge in [0.25, 0.3) is 0 Å². The fourth-order valence-electron chi connectivity index (χ4n) is 2.19. The van der Waals surface area contributed by atoms with Crippen molar-refractivity contribution in [3.05, 3.63) is 53.3 Å². The van der Waals surface area contributed by atoms with Gasteiger partial charge in [0.2, 0.25) is 0 Å². The van der Waals surface area contributed by atoms with Gasteiger partial charge >= 0.3 is 6.18 Å². The van der Waals surface area contributed by atoms with Crippen molar-refractivity contribution in [3.8, 4) is 0 Å². The van der Waals surface area contributed by atoms with Crippen LogP contribution in [-0.4, -0.2) is 35.6 Å². The maximum absolute atomic E-state index is 12.1. The zero-order chi connectivity index (χ0) is 19.0. The van der Waals surface area contributed by atoms with E-state index in [1.807, 2.05) is 25.2 Å². The summed E-state index contributed by atoms with van der Waals surface area (Å²) in [6.45, 7) is -0.184. The lowest BCUT2D eigenvalue weighted by atomic mass is 10.1. The van der Waals surface area contributed by atoms with Gasteiger partial charge in [-0.15, -0.1) is 0 Å². The standard InChI is InChI=1S/C17H22F3N5O/c1-21-16(23-10-15-7-8-24-25(15)2)22-9-13-3-5-14(6-4-13)11-26-12-17(18,19)20/h3-8H,9-12H2,1-2H3,(H2,21,22,23). The van der Waals surface area contributed by atoms with Gasteiger partial charge in [0, 0.05) is 26.8 Å². The number of benzene rings is 1. The molecule has 0 atom stereocenters. The molecule has 142 valence electrons. The molecule has 2 rings (SSSR count). The number of nitrogens with one attached hydrogen (secondary N) is 2. The van der Waals surface area contributed by atoms with Crippen LogP contribution in [0.2, 0.25) is 0 Å². The van der Waals surface area contributed by atoms with Crippen molar-refractivity contribution >= 4 is 5.96 Å². The normalized spacial score (nSPS) is 12.3. The van der Waals surface area contributed by atoms with Gasteiger partial charge in [0.1, 0.15) is 6.61 Å². The van der Waals surface area contributed by atoms with E-state index in [0.717, 1.165) is 11.3 Å². The summed E-state index contributed by atoms with van der Waals surface area (Å²) in [6.07, 6.45) is -2.57. The van der Waals surface area contributed by atoms with Gasteiger partial charge in [-0.25, -0.2) is 0 Å². The molecule has 0 aliphatic heterocycles. The summed E-state index contributed by atoms with van der Waals surface area (Å²) in [4.78, 5) is 4.15. The second kappa shape index (κ2) is 9.23. The van der Waals surface area contributed by atoms with Gasteiger partial charge in [-0.1, -0.05) is 24.3 Å². The summed E-state index contributed by atoms with van der Waals surface area (Å²) in [5.41, 5.74) is 2.70. The van der Waals surface area contributed by atoms with Crippen molar-refractivity contribution in [1.82, 2.24) is 20.4 Å². The number of rotatable bonds is 7. The summed E-state index contributed by atoms with van der Waals surface area (Å²) in [6, 6.07) is 9.10. The third-order valence-corrected chi connectivity index (χ3v) is 3.60. The molecular weight excluding hydrogens is 347 g/mol. The zero-order valence-electron chi connectivity index (χ0n) is 14.7. The van der Waals surface area contributed by atoms with Crippen LogP contribution in [0.3, 0.4) is 0 Å². The minimum Gasteiger partial charge on any atom is -0.367 e. The molecule has 0 amide bonds. The number of aliphatic imine (C=N–C) groups is 1. The lowest BCUT2D eigenvalue weighted by Gasteiger charge is -2.12. The van der Waals surface area contributed by atoms with Crippen LogP contribution in [0.25, 0.3) is 0 Å². The summed E-state index contributed by atoms with van der Waals surface area (Å²) in [7, 11) is 3.55. The third kappa shape index (κ3) is 6.75. The third-order valence-electron chi connectivity index (χ3n) is 3.60. The maximum Gasteiger partial charge on any atom is 0.411 e. The minimum atomic E-state index is -4.30. The highest BCUT2D eigenvalue weighted by Gasteiger charge is 2.27. The van der Waals surface area contributed by atoms with E-state index in [9.17, 15) is 13.2 Å². The SMILES string of the molecule is CN=C(NCc1ccc(COCC(F)(F)F)cc1)NCc1ccnn1C. The fourth-order valence-corrected chi connectivity index (χ4v) is 2.19. The quantitative estimate of drug-likeness (QED) is 0.581. The number of guanidine groups is 1. The van der Waals surface area contributed by atoms with E-state index >= 15 is 0 Å². The van der Waals surface area contributed by atoms with Crippen LogP contribution in [-0.2, 0) is 31.5 Å². The molecule has 0 unspecified atom stereocenters. The summed E-state index contributed by atoms with van der Waals surface area (Å²) in [5.74, 6) is 0.642. The molecule has 0 saturated heterocycles. The first-order chi connectivity index (χ1) is 12.4. The van der Waals surface area contributed by atoms with Crippen LogP contribution >= 0.6 is 0 Å². The Bertz CT molecular complexity index is 710. The van der Waals surface area contributed by atoms with Gasteiger partial charge in [-0.3, -0.25) is 9.67 Å². The Balaban J connectivity index is 1.76. The number of nitrogens with zero attached hydrogens (tertiary/aromatic N) is 3. The second-order valence-electron chi connectivity index (χ2n) is 5.65. The predicted octanol–water partition coefficient (Wildman–Crippen LogP) is 2.36. The van der Waals surface area contributed by atoms with E-state index in [4.69, 9.17) is 0 Å². The number of aromatic nitrogens is 2. The van der Waals surface area contributed by atoms with Gasteiger partial charge in [0.15, 0.2) is 5.96 Å². The van der Waals surface area contributed by atoms with E-state index in [1.165, 1.54) is 0 Å². The largest absolute Gasteiger partial charge is 0.411 e. The van der Waals surface area contributed by atoms with Crippen LogP contribution < -0.4 is 10.6 Å². The molecule has 9 heteroatoms. The highest BCUT2D eigenvalue weighted by Crippen LogP contribution is 2.15. The van der Waals surface area contributed by atoms with E-state index in [2.05, 4.69) is 25.5 Å². The highest BCUT2D eigenvalue weighted by molar-refractivity contribution is 5.79. The molecule has 0 fully saturated rings. The number of halogens is 3. The number of hydrogen-bond acceptors (Lipinski definition) is 3. The smallest absolute Gasteiger partial charge is 0.367 e. The van der Waals surface area contributed by atoms with Crippen molar-refractivity contribution in [2.75, 3.05) is 13.7 Å². The summed E-state index contributed by atoms with van der Waals surface area (Å²) >= 11 is 0. The van der Waals surface area contributed by atoms with E-state index in [-0.39, 0.29) is 6.61 Å². The van der Waals surface area contributed by atoms with Crippen molar-refractivity contribution in [2.24, 2.45) is 12.0 Å². The number of alkyl halides is 3. The molecule has 26 heavy (non-hydrogen) atoms. The molecule has 6 nitrogen and oxygen atoms in total. The average Bonchev–Trinajstić information content (AvgIpc) is 3.00. The Morgan fingerprint density at radius 2 is 1.77 bits per heavy atom. The first kappa shape index (κ1) is 19.8. The predicted molar refractivity (Wildman–Crippen MR) is 92.4 cm³/mol. The Kier molecular flexibility index (Phi) is 7.02.